The van der Waals surface area contributed by atoms with Crippen LogP contribution in [-0.2, 0) is 13.5 Å². The minimum absolute atomic E-state index is 0.0229. The molecule has 0 aliphatic rings. The van der Waals surface area contributed by atoms with E-state index in [1.54, 1.807) is 11.7 Å². The molecule has 0 bridgehead atoms. The van der Waals surface area contributed by atoms with Crippen LogP contribution in [0.5, 0.6) is 5.75 Å². The third kappa shape index (κ3) is 1.74. The van der Waals surface area contributed by atoms with E-state index in [2.05, 4.69) is 5.10 Å². The average molecular weight is 223 g/mol. The molecular formula is C11H14FN3O. The van der Waals surface area contributed by atoms with E-state index in [9.17, 15) is 9.50 Å². The summed E-state index contributed by atoms with van der Waals surface area (Å²) in [5, 5.41) is 14.4. The number of aryl methyl sites for hydroxylation is 1. The number of aromatic hydroxyl groups is 1. The molecule has 2 rings (SSSR count). The van der Waals surface area contributed by atoms with Crippen molar-refractivity contribution in [1.82, 2.24) is 9.78 Å². The first-order valence-electron chi connectivity index (χ1n) is 5.08. The van der Waals surface area contributed by atoms with E-state index >= 15 is 0 Å². The molecule has 3 N–H and O–H groups in total. The van der Waals surface area contributed by atoms with Crippen LogP contribution in [0.3, 0.4) is 0 Å². The van der Waals surface area contributed by atoms with Gasteiger partial charge in [0.05, 0.1) is 11.2 Å². The molecule has 0 saturated heterocycles. The Balaban J connectivity index is 2.64. The maximum atomic E-state index is 13.2. The smallest absolute Gasteiger partial charge is 0.166 e. The highest BCUT2D eigenvalue weighted by atomic mass is 19.1. The number of aromatic nitrogens is 2. The molecule has 1 unspecified atom stereocenters. The molecule has 1 heterocycles. The predicted octanol–water partition coefficient (Wildman–Crippen LogP) is 1.31. The van der Waals surface area contributed by atoms with Crippen LogP contribution in [-0.4, -0.2) is 20.9 Å². The Hall–Kier alpha value is -1.62. The van der Waals surface area contributed by atoms with E-state index < -0.39 is 5.82 Å². The van der Waals surface area contributed by atoms with Gasteiger partial charge >= 0.3 is 0 Å². The molecule has 1 atom stereocenters. The van der Waals surface area contributed by atoms with Gasteiger partial charge in [0.25, 0.3) is 0 Å². The largest absolute Gasteiger partial charge is 0.505 e. The van der Waals surface area contributed by atoms with Crippen molar-refractivity contribution >= 4 is 10.9 Å². The topological polar surface area (TPSA) is 64.1 Å². The summed E-state index contributed by atoms with van der Waals surface area (Å²) in [6.45, 7) is 1.88. The quantitative estimate of drug-likeness (QED) is 0.806. The van der Waals surface area contributed by atoms with Gasteiger partial charge in [-0.05, 0) is 13.0 Å². The molecule has 86 valence electrons. The fraction of sp³-hybridized carbons (Fsp3) is 0.364. The van der Waals surface area contributed by atoms with Crippen molar-refractivity contribution in [2.45, 2.75) is 19.4 Å². The number of hydrogen-bond acceptors (Lipinski definition) is 3. The van der Waals surface area contributed by atoms with Crippen molar-refractivity contribution in [1.29, 1.82) is 0 Å². The maximum Gasteiger partial charge on any atom is 0.166 e. The Labute approximate surface area is 92.5 Å². The second kappa shape index (κ2) is 3.75. The van der Waals surface area contributed by atoms with Gasteiger partial charge in [-0.3, -0.25) is 4.68 Å². The maximum absolute atomic E-state index is 13.2. The van der Waals surface area contributed by atoms with Crippen LogP contribution < -0.4 is 5.73 Å². The second-order valence-electron chi connectivity index (χ2n) is 4.07. The molecule has 16 heavy (non-hydrogen) atoms. The highest BCUT2D eigenvalue weighted by Gasteiger charge is 2.13. The summed E-state index contributed by atoms with van der Waals surface area (Å²) in [5.41, 5.74) is 7.15. The van der Waals surface area contributed by atoms with Gasteiger partial charge in [0.2, 0.25) is 0 Å². The number of hydrogen-bond donors (Lipinski definition) is 2. The van der Waals surface area contributed by atoms with E-state index in [0.29, 0.717) is 11.9 Å². The van der Waals surface area contributed by atoms with Gasteiger partial charge in [0, 0.05) is 31.0 Å². The van der Waals surface area contributed by atoms with Crippen LogP contribution in [0.25, 0.3) is 10.9 Å². The van der Waals surface area contributed by atoms with Crippen LogP contribution in [0.1, 0.15) is 12.6 Å². The number of fused-ring (bicyclic) bond motifs is 1. The van der Waals surface area contributed by atoms with Crippen LogP contribution >= 0.6 is 0 Å². The first-order chi connectivity index (χ1) is 7.49. The number of benzene rings is 1. The molecule has 0 aliphatic heterocycles. The van der Waals surface area contributed by atoms with Gasteiger partial charge in [-0.1, -0.05) is 0 Å². The zero-order valence-electron chi connectivity index (χ0n) is 9.24. The summed E-state index contributed by atoms with van der Waals surface area (Å²) in [7, 11) is 1.74. The van der Waals surface area contributed by atoms with Crippen molar-refractivity contribution in [2.75, 3.05) is 0 Å². The summed E-state index contributed by atoms with van der Waals surface area (Å²) < 4.78 is 14.8. The third-order valence-corrected chi connectivity index (χ3v) is 2.51. The highest BCUT2D eigenvalue weighted by molar-refractivity contribution is 5.83. The highest BCUT2D eigenvalue weighted by Crippen LogP contribution is 2.26. The minimum atomic E-state index is -0.636. The van der Waals surface area contributed by atoms with E-state index in [1.807, 2.05) is 6.92 Å². The Morgan fingerprint density at radius 1 is 1.56 bits per heavy atom. The van der Waals surface area contributed by atoms with Gasteiger partial charge in [0.15, 0.2) is 11.6 Å². The molecule has 5 heteroatoms. The van der Waals surface area contributed by atoms with Gasteiger partial charge in [-0.25, -0.2) is 4.39 Å². The second-order valence-corrected chi connectivity index (χ2v) is 4.07. The number of phenolic OH excluding ortho intramolecular Hbond substituents is 1. The SMILES string of the molecule is CC(N)Cc1nn(C)c2cc(F)c(O)cc12. The van der Waals surface area contributed by atoms with E-state index in [-0.39, 0.29) is 11.8 Å². The van der Waals surface area contributed by atoms with Gasteiger partial charge < -0.3 is 10.8 Å². The van der Waals surface area contributed by atoms with Gasteiger partial charge in [-0.2, -0.15) is 5.10 Å². The number of phenols is 1. The van der Waals surface area contributed by atoms with Crippen molar-refractivity contribution in [2.24, 2.45) is 12.8 Å². The number of rotatable bonds is 2. The van der Waals surface area contributed by atoms with Crippen LogP contribution in [0.15, 0.2) is 12.1 Å². The Kier molecular flexibility index (Phi) is 2.55. The lowest BCUT2D eigenvalue weighted by Crippen LogP contribution is -2.18. The lowest BCUT2D eigenvalue weighted by atomic mass is 10.1. The summed E-state index contributed by atoms with van der Waals surface area (Å²) in [6, 6.07) is 2.66. The monoisotopic (exact) mass is 223 g/mol. The Morgan fingerprint density at radius 3 is 2.88 bits per heavy atom. The minimum Gasteiger partial charge on any atom is -0.505 e. The summed E-state index contributed by atoms with van der Waals surface area (Å²) in [5.74, 6) is -0.991. The summed E-state index contributed by atoms with van der Waals surface area (Å²) in [4.78, 5) is 0. The van der Waals surface area contributed by atoms with Gasteiger partial charge in [0.1, 0.15) is 0 Å². The first kappa shape index (κ1) is 10.9. The van der Waals surface area contributed by atoms with Crippen molar-refractivity contribution < 1.29 is 9.50 Å². The fourth-order valence-corrected chi connectivity index (χ4v) is 1.79. The molecule has 2 aromatic rings. The van der Waals surface area contributed by atoms with E-state index in [1.165, 1.54) is 12.1 Å². The third-order valence-electron chi connectivity index (χ3n) is 2.51. The molecule has 0 fully saturated rings. The zero-order chi connectivity index (χ0) is 11.9. The molecule has 0 amide bonds. The van der Waals surface area contributed by atoms with E-state index in [4.69, 9.17) is 5.73 Å². The molecule has 1 aromatic carbocycles. The lowest BCUT2D eigenvalue weighted by molar-refractivity contribution is 0.433. The Bertz CT molecular complexity index is 533. The number of nitrogens with two attached hydrogens (primary N) is 1. The van der Waals surface area contributed by atoms with Crippen molar-refractivity contribution in [3.63, 3.8) is 0 Å². The van der Waals surface area contributed by atoms with E-state index in [0.717, 1.165) is 11.1 Å². The molecule has 0 saturated carbocycles. The number of nitrogens with zero attached hydrogens (tertiary/aromatic N) is 2. The summed E-state index contributed by atoms with van der Waals surface area (Å²) >= 11 is 0. The molecule has 1 aromatic heterocycles. The van der Waals surface area contributed by atoms with Crippen molar-refractivity contribution in [3.8, 4) is 5.75 Å². The van der Waals surface area contributed by atoms with Crippen LogP contribution in [0, 0.1) is 5.82 Å². The summed E-state index contributed by atoms with van der Waals surface area (Å²) in [6.07, 6.45) is 0.600. The molecule has 0 radical (unpaired) electrons. The molecular weight excluding hydrogens is 209 g/mol. The van der Waals surface area contributed by atoms with Crippen LogP contribution in [0.2, 0.25) is 0 Å². The fourth-order valence-electron chi connectivity index (χ4n) is 1.79. The number of halogens is 1. The molecule has 0 aliphatic carbocycles. The average Bonchev–Trinajstić information content (AvgIpc) is 2.44. The Morgan fingerprint density at radius 2 is 2.25 bits per heavy atom. The lowest BCUT2D eigenvalue weighted by Gasteiger charge is -2.01. The standard InChI is InChI=1S/C11H14FN3O/c1-6(13)3-9-7-4-11(16)8(12)5-10(7)15(2)14-9/h4-6,16H,3,13H2,1-2H3. The van der Waals surface area contributed by atoms with Gasteiger partial charge in [-0.15, -0.1) is 0 Å². The molecule has 4 nitrogen and oxygen atoms in total. The first-order valence-corrected chi connectivity index (χ1v) is 5.08. The normalized spacial score (nSPS) is 13.2. The van der Waals surface area contributed by atoms with Crippen LogP contribution in [0.4, 0.5) is 4.39 Å². The zero-order valence-corrected chi connectivity index (χ0v) is 9.24. The molecule has 0 spiro atoms. The predicted molar refractivity (Wildman–Crippen MR) is 59.7 cm³/mol. The van der Waals surface area contributed by atoms with Crippen molar-refractivity contribution in [3.05, 3.63) is 23.6 Å².